The number of phenols is 2. The first-order chi connectivity index (χ1) is 13.0. The molecule has 0 saturated carbocycles. The fourth-order valence-electron chi connectivity index (χ4n) is 2.68. The molecule has 0 bridgehead atoms. The van der Waals surface area contributed by atoms with E-state index in [0.29, 0.717) is 36.1 Å². The second kappa shape index (κ2) is 7.79. The van der Waals surface area contributed by atoms with Crippen LogP contribution >= 0.6 is 0 Å². The van der Waals surface area contributed by atoms with Crippen molar-refractivity contribution in [3.63, 3.8) is 0 Å². The van der Waals surface area contributed by atoms with Gasteiger partial charge in [0.2, 0.25) is 0 Å². The van der Waals surface area contributed by atoms with E-state index in [2.05, 4.69) is 0 Å². The van der Waals surface area contributed by atoms with Crippen molar-refractivity contribution in [1.29, 1.82) is 0 Å². The Balaban J connectivity index is 1.69. The number of aromatic hydroxyl groups is 2. The summed E-state index contributed by atoms with van der Waals surface area (Å²) >= 11 is 0. The first-order valence-electron chi connectivity index (χ1n) is 8.22. The van der Waals surface area contributed by atoms with Crippen molar-refractivity contribution in [1.82, 2.24) is 10.0 Å². The topological polar surface area (TPSA) is 121 Å². The van der Waals surface area contributed by atoms with Gasteiger partial charge in [0.1, 0.15) is 5.75 Å². The summed E-state index contributed by atoms with van der Waals surface area (Å²) in [6.07, 6.45) is 2.20. The third-order valence-corrected chi connectivity index (χ3v) is 4.10. The molecule has 27 heavy (non-hydrogen) atoms. The number of nitrogens with zero attached hydrogens (tertiary/aromatic N) is 1. The zero-order valence-corrected chi connectivity index (χ0v) is 14.3. The molecule has 3 rings (SSSR count). The molecule has 4 N–H and O–H groups in total. The Kier molecular flexibility index (Phi) is 5.28. The van der Waals surface area contributed by atoms with Gasteiger partial charge in [0.05, 0.1) is 6.61 Å². The number of amides is 1. The monoisotopic (exact) mass is 370 g/mol. The molecule has 8 nitrogen and oxygen atoms in total. The lowest BCUT2D eigenvalue weighted by molar-refractivity contribution is 0.0706. The summed E-state index contributed by atoms with van der Waals surface area (Å²) < 4.78 is 7.00. The summed E-state index contributed by atoms with van der Waals surface area (Å²) in [6.45, 7) is 0.705. The third kappa shape index (κ3) is 4.01. The highest BCUT2D eigenvalue weighted by Crippen LogP contribution is 2.28. The molecule has 0 aliphatic carbocycles. The van der Waals surface area contributed by atoms with Crippen LogP contribution in [0.4, 0.5) is 0 Å². The van der Waals surface area contributed by atoms with Gasteiger partial charge in [-0.25, -0.2) is 5.48 Å². The van der Waals surface area contributed by atoms with Gasteiger partial charge in [0, 0.05) is 29.8 Å². The van der Waals surface area contributed by atoms with Crippen molar-refractivity contribution in [3.8, 4) is 17.2 Å². The number of carbonyl (C=O) groups is 1. The minimum atomic E-state index is -0.683. The number of rotatable bonds is 6. The molecule has 0 unspecified atom stereocenters. The lowest BCUT2D eigenvalue weighted by Crippen LogP contribution is -2.22. The maximum atomic E-state index is 12.6. The van der Waals surface area contributed by atoms with Crippen molar-refractivity contribution < 1.29 is 25.0 Å². The summed E-state index contributed by atoms with van der Waals surface area (Å²) in [5.74, 6) is -0.756. The lowest BCUT2D eigenvalue weighted by Gasteiger charge is -2.10. The number of nitrogens with one attached hydrogen (secondary N) is 1. The lowest BCUT2D eigenvalue weighted by atomic mass is 10.1. The summed E-state index contributed by atoms with van der Waals surface area (Å²) in [7, 11) is 0. The fourth-order valence-corrected chi connectivity index (χ4v) is 2.68. The van der Waals surface area contributed by atoms with E-state index in [1.165, 1.54) is 34.9 Å². The summed E-state index contributed by atoms with van der Waals surface area (Å²) in [6, 6.07) is 10.6. The Bertz CT molecular complexity index is 1040. The van der Waals surface area contributed by atoms with Crippen LogP contribution in [0.5, 0.6) is 17.2 Å². The van der Waals surface area contributed by atoms with Gasteiger partial charge in [-0.05, 0) is 42.1 Å². The molecule has 0 atom stereocenters. The van der Waals surface area contributed by atoms with Gasteiger partial charge in [-0.3, -0.25) is 14.8 Å². The largest absolute Gasteiger partial charge is 0.504 e. The predicted molar refractivity (Wildman–Crippen MR) is 97.3 cm³/mol. The van der Waals surface area contributed by atoms with Gasteiger partial charge in [0.15, 0.2) is 11.5 Å². The molecular weight excluding hydrogens is 352 g/mol. The van der Waals surface area contributed by atoms with Gasteiger partial charge < -0.3 is 19.5 Å². The van der Waals surface area contributed by atoms with Gasteiger partial charge >= 0.3 is 0 Å². The molecule has 0 spiro atoms. The van der Waals surface area contributed by atoms with Crippen LogP contribution in [-0.4, -0.2) is 32.5 Å². The molecule has 8 heteroatoms. The van der Waals surface area contributed by atoms with E-state index in [0.717, 1.165) is 0 Å². The van der Waals surface area contributed by atoms with E-state index in [9.17, 15) is 19.8 Å². The maximum Gasteiger partial charge on any atom is 0.274 e. The van der Waals surface area contributed by atoms with E-state index < -0.39 is 5.91 Å². The van der Waals surface area contributed by atoms with Crippen LogP contribution < -0.4 is 15.8 Å². The number of hydrogen-bond donors (Lipinski definition) is 4. The predicted octanol–water partition coefficient (Wildman–Crippen LogP) is 2.00. The summed E-state index contributed by atoms with van der Waals surface area (Å²) in [5.41, 5.74) is 1.49. The zero-order chi connectivity index (χ0) is 19.4. The normalized spacial score (nSPS) is 10.7. The summed E-state index contributed by atoms with van der Waals surface area (Å²) in [4.78, 5) is 24.1. The molecule has 0 fully saturated rings. The van der Waals surface area contributed by atoms with E-state index in [1.54, 1.807) is 23.8 Å². The summed E-state index contributed by atoms with van der Waals surface area (Å²) in [5, 5.41) is 28.5. The van der Waals surface area contributed by atoms with Crippen LogP contribution in [-0.2, 0) is 6.54 Å². The van der Waals surface area contributed by atoms with Crippen LogP contribution in [0, 0.1) is 0 Å². The van der Waals surface area contributed by atoms with Crippen molar-refractivity contribution in [3.05, 3.63) is 64.6 Å². The quantitative estimate of drug-likeness (QED) is 0.228. The molecule has 140 valence electrons. The number of fused-ring (bicyclic) bond motifs is 1. The number of aromatic nitrogens is 1. The molecule has 1 heterocycles. The minimum absolute atomic E-state index is 0.190. The van der Waals surface area contributed by atoms with Crippen molar-refractivity contribution in [2.45, 2.75) is 13.0 Å². The number of hydroxylamine groups is 1. The first kappa shape index (κ1) is 18.3. The maximum absolute atomic E-state index is 12.6. The van der Waals surface area contributed by atoms with Gasteiger partial charge in [0.25, 0.3) is 11.5 Å². The second-order valence-electron chi connectivity index (χ2n) is 5.91. The standard InChI is InChI=1S/C19H18N2O6/c22-16-5-4-14(11-17(16)23)27-9-1-7-21-8-6-12-2-3-13(18(24)20-26)10-15(12)19(21)25/h2-6,8,10-11,22-23,26H,1,7,9H2,(H,20,24). The van der Waals surface area contributed by atoms with Crippen molar-refractivity contribution >= 4 is 16.7 Å². The van der Waals surface area contributed by atoms with Gasteiger partial charge in [-0.15, -0.1) is 0 Å². The number of phenolic OH excluding ortho intramolecular Hbond substituents is 2. The molecule has 3 aromatic rings. The van der Waals surface area contributed by atoms with Crippen LogP contribution in [0.3, 0.4) is 0 Å². The van der Waals surface area contributed by atoms with E-state index in [4.69, 9.17) is 9.94 Å². The third-order valence-electron chi connectivity index (χ3n) is 4.10. The Hall–Kier alpha value is -3.52. The molecular formula is C19H18N2O6. The first-order valence-corrected chi connectivity index (χ1v) is 8.22. The van der Waals surface area contributed by atoms with Crippen LogP contribution in [0.1, 0.15) is 16.8 Å². The fraction of sp³-hybridized carbons (Fsp3) is 0.158. The molecule has 0 saturated heterocycles. The number of hydrogen-bond acceptors (Lipinski definition) is 6. The average Bonchev–Trinajstić information content (AvgIpc) is 2.68. The SMILES string of the molecule is O=C(NO)c1ccc2ccn(CCCOc3ccc(O)c(O)c3)c(=O)c2c1. The van der Waals surface area contributed by atoms with Crippen LogP contribution in [0.2, 0.25) is 0 Å². The number of aryl methyl sites for hydroxylation is 1. The van der Waals surface area contributed by atoms with Crippen LogP contribution in [0.25, 0.3) is 10.8 Å². The molecule has 1 amide bonds. The Labute approximate surface area is 153 Å². The smallest absolute Gasteiger partial charge is 0.274 e. The number of benzene rings is 2. The Morgan fingerprint density at radius 2 is 1.89 bits per heavy atom. The van der Waals surface area contributed by atoms with E-state index >= 15 is 0 Å². The van der Waals surface area contributed by atoms with Crippen molar-refractivity contribution in [2.24, 2.45) is 0 Å². The van der Waals surface area contributed by atoms with Gasteiger partial charge in [-0.2, -0.15) is 0 Å². The molecule has 0 aliphatic heterocycles. The number of pyridine rings is 1. The van der Waals surface area contributed by atoms with Crippen molar-refractivity contribution in [2.75, 3.05) is 6.61 Å². The second-order valence-corrected chi connectivity index (χ2v) is 5.91. The highest BCUT2D eigenvalue weighted by molar-refractivity contribution is 5.97. The highest BCUT2D eigenvalue weighted by atomic mass is 16.5. The average molecular weight is 370 g/mol. The molecule has 1 aromatic heterocycles. The number of carbonyl (C=O) groups excluding carboxylic acids is 1. The van der Waals surface area contributed by atoms with E-state index in [-0.39, 0.29) is 22.6 Å². The molecule has 2 aromatic carbocycles. The molecule has 0 aliphatic rings. The Morgan fingerprint density at radius 3 is 2.63 bits per heavy atom. The molecule has 0 radical (unpaired) electrons. The van der Waals surface area contributed by atoms with Crippen LogP contribution in [0.15, 0.2) is 53.5 Å². The van der Waals surface area contributed by atoms with E-state index in [1.807, 2.05) is 0 Å². The zero-order valence-electron chi connectivity index (χ0n) is 14.3. The Morgan fingerprint density at radius 1 is 1.07 bits per heavy atom. The minimum Gasteiger partial charge on any atom is -0.504 e. The number of ether oxygens (including phenoxy) is 1. The van der Waals surface area contributed by atoms with Gasteiger partial charge in [-0.1, -0.05) is 6.07 Å². The highest BCUT2D eigenvalue weighted by Gasteiger charge is 2.09.